The van der Waals surface area contributed by atoms with E-state index in [4.69, 9.17) is 5.11 Å². The predicted molar refractivity (Wildman–Crippen MR) is 46.3 cm³/mol. The van der Waals surface area contributed by atoms with Gasteiger partial charge >= 0.3 is 0 Å². The van der Waals surface area contributed by atoms with Crippen LogP contribution < -0.4 is 5.09 Å². The average Bonchev–Trinajstić information content (AvgIpc) is 2.02. The number of carbonyl (C=O) groups is 2. The first kappa shape index (κ1) is 10.9. The van der Waals surface area contributed by atoms with E-state index in [1.165, 1.54) is 0 Å². The van der Waals surface area contributed by atoms with Crippen LogP contribution in [0.5, 0.6) is 0 Å². The van der Waals surface area contributed by atoms with Gasteiger partial charge in [-0.25, -0.2) is 0 Å². The van der Waals surface area contributed by atoms with E-state index in [0.717, 1.165) is 4.67 Å². The molecule has 0 rings (SSSR count). The first-order valence-electron chi connectivity index (χ1n) is 2.77. The number of amides is 1. The van der Waals surface area contributed by atoms with Crippen LogP contribution in [0.4, 0.5) is 0 Å². The number of nitrogens with one attached hydrogen (secondary N) is 1. The van der Waals surface area contributed by atoms with Gasteiger partial charge in [-0.05, 0) is 9.39 Å². The number of aliphatic hydroxyl groups is 1. The molecule has 0 spiro atoms. The van der Waals surface area contributed by atoms with Gasteiger partial charge in [0, 0.05) is 0 Å². The Balaban J connectivity index is 3.90. The van der Waals surface area contributed by atoms with Crippen molar-refractivity contribution in [1.29, 1.82) is 0 Å². The molecule has 0 aromatic carbocycles. The lowest BCUT2D eigenvalue weighted by Crippen LogP contribution is -2.37. The molecular formula is C4H10N2O3P2. The third-order valence-corrected chi connectivity index (χ3v) is 1.75. The summed E-state index contributed by atoms with van der Waals surface area (Å²) in [4.78, 5) is 20.8. The molecule has 0 aliphatic heterocycles. The second-order valence-corrected chi connectivity index (χ2v) is 2.70. The maximum atomic E-state index is 10.9. The summed E-state index contributed by atoms with van der Waals surface area (Å²) < 4.78 is 0.865. The second kappa shape index (κ2) is 5.56. The average molecular weight is 196 g/mol. The molecule has 0 heterocycles. The minimum Gasteiger partial charge on any atom is -0.367 e. The summed E-state index contributed by atoms with van der Waals surface area (Å²) in [5.74, 6) is -0.385. The first-order chi connectivity index (χ1) is 5.13. The van der Waals surface area contributed by atoms with Gasteiger partial charge in [0.05, 0.1) is 6.54 Å². The Kier molecular flexibility index (Phi) is 5.51. The lowest BCUT2D eigenvalue weighted by Gasteiger charge is -2.17. The van der Waals surface area contributed by atoms with Crippen LogP contribution in [0.2, 0.25) is 0 Å². The molecular weight excluding hydrogens is 186 g/mol. The number of aliphatic hydroxyl groups excluding tert-OH is 1. The van der Waals surface area contributed by atoms with Gasteiger partial charge in [-0.1, -0.05) is 9.39 Å². The van der Waals surface area contributed by atoms with Crippen LogP contribution in [0.3, 0.4) is 0 Å². The Morgan fingerprint density at radius 2 is 2.36 bits per heavy atom. The fraction of sp³-hybridized carbons (Fsp3) is 0.500. The second-order valence-electron chi connectivity index (χ2n) is 1.73. The monoisotopic (exact) mass is 196 g/mol. The van der Waals surface area contributed by atoms with E-state index in [0.29, 0.717) is 0 Å². The minimum atomic E-state index is -1.38. The molecule has 0 aromatic rings. The Labute approximate surface area is 69.0 Å². The van der Waals surface area contributed by atoms with Crippen molar-refractivity contribution in [3.05, 3.63) is 0 Å². The van der Waals surface area contributed by atoms with Crippen LogP contribution in [0.1, 0.15) is 0 Å². The molecule has 0 bridgehead atoms. The smallest absolute Gasteiger partial charge is 0.242 e. The summed E-state index contributed by atoms with van der Waals surface area (Å²) in [6.07, 6.45) is -1.11. The molecule has 0 aliphatic rings. The Hall–Kier alpha value is -0.0800. The molecule has 3 atom stereocenters. The van der Waals surface area contributed by atoms with E-state index in [1.54, 1.807) is 0 Å². The van der Waals surface area contributed by atoms with Crippen molar-refractivity contribution < 1.29 is 14.7 Å². The van der Waals surface area contributed by atoms with E-state index in [2.05, 4.69) is 14.5 Å². The molecule has 0 radical (unpaired) electrons. The highest BCUT2D eigenvalue weighted by Gasteiger charge is 2.14. The molecule has 1 amide bonds. The zero-order chi connectivity index (χ0) is 8.85. The Bertz CT molecular complexity index is 154. The van der Waals surface area contributed by atoms with Crippen molar-refractivity contribution in [2.75, 3.05) is 6.54 Å². The fourth-order valence-electron chi connectivity index (χ4n) is 0.392. The normalized spacial score (nSPS) is 12.3. The van der Waals surface area contributed by atoms with E-state index in [9.17, 15) is 9.59 Å². The van der Waals surface area contributed by atoms with Crippen LogP contribution in [0, 0.1) is 0 Å². The summed E-state index contributed by atoms with van der Waals surface area (Å²) in [6.45, 7) is 0.0546. The SMILES string of the molecule is O=CC(O)N(P)C(=O)CNP. The van der Waals surface area contributed by atoms with E-state index >= 15 is 0 Å². The van der Waals surface area contributed by atoms with Crippen LogP contribution in [-0.2, 0) is 9.59 Å². The van der Waals surface area contributed by atoms with Crippen LogP contribution >= 0.6 is 18.8 Å². The quantitative estimate of drug-likeness (QED) is 0.326. The first-order valence-corrected chi connectivity index (χ1v) is 3.86. The van der Waals surface area contributed by atoms with Crippen molar-refractivity contribution in [2.24, 2.45) is 0 Å². The van der Waals surface area contributed by atoms with Gasteiger partial charge in [0.25, 0.3) is 0 Å². The largest absolute Gasteiger partial charge is 0.367 e. The van der Waals surface area contributed by atoms with Crippen LogP contribution in [0.15, 0.2) is 0 Å². The van der Waals surface area contributed by atoms with Gasteiger partial charge in [-0.3, -0.25) is 19.3 Å². The van der Waals surface area contributed by atoms with E-state index < -0.39 is 6.23 Å². The Morgan fingerprint density at radius 1 is 1.82 bits per heavy atom. The van der Waals surface area contributed by atoms with Gasteiger partial charge in [-0.15, -0.1) is 0 Å². The topological polar surface area (TPSA) is 69.6 Å². The molecule has 5 nitrogen and oxygen atoms in total. The molecule has 11 heavy (non-hydrogen) atoms. The highest BCUT2D eigenvalue weighted by atomic mass is 31.0. The number of aldehydes is 1. The molecule has 64 valence electrons. The Morgan fingerprint density at radius 3 is 2.73 bits per heavy atom. The molecule has 7 heteroatoms. The van der Waals surface area contributed by atoms with Crippen molar-refractivity contribution in [2.45, 2.75) is 6.23 Å². The van der Waals surface area contributed by atoms with Crippen LogP contribution in [0.25, 0.3) is 0 Å². The summed E-state index contributed by atoms with van der Waals surface area (Å²) >= 11 is 0. The van der Waals surface area contributed by atoms with Gasteiger partial charge in [0.2, 0.25) is 5.91 Å². The standard InChI is InChI=1S/C4H10N2O3P2/c7-2-4(9)6(11)3(8)1-5-10/h2,4-5,9H,1,10-11H2. The van der Waals surface area contributed by atoms with Crippen molar-refractivity contribution in [3.63, 3.8) is 0 Å². The van der Waals surface area contributed by atoms with Crippen molar-refractivity contribution in [1.82, 2.24) is 9.76 Å². The minimum absolute atomic E-state index is 0.0546. The lowest BCUT2D eigenvalue weighted by molar-refractivity contribution is -0.136. The molecule has 0 aromatic heterocycles. The third-order valence-electron chi connectivity index (χ3n) is 0.948. The highest BCUT2D eigenvalue weighted by Crippen LogP contribution is 2.01. The molecule has 2 N–H and O–H groups in total. The number of carbonyl (C=O) groups excluding carboxylic acids is 2. The molecule has 0 aliphatic carbocycles. The van der Waals surface area contributed by atoms with Gasteiger partial charge in [0.15, 0.2) is 12.5 Å². The number of hydrogen-bond donors (Lipinski definition) is 2. The summed E-state index contributed by atoms with van der Waals surface area (Å²) in [5.41, 5.74) is 0. The zero-order valence-corrected chi connectivity index (χ0v) is 8.04. The zero-order valence-electron chi connectivity index (χ0n) is 5.73. The summed E-state index contributed by atoms with van der Waals surface area (Å²) in [5, 5.41) is 11.3. The van der Waals surface area contributed by atoms with E-state index in [-0.39, 0.29) is 18.7 Å². The number of nitrogens with zero attached hydrogens (tertiary/aromatic N) is 1. The van der Waals surface area contributed by atoms with Gasteiger partial charge in [0.1, 0.15) is 0 Å². The van der Waals surface area contributed by atoms with Gasteiger partial charge < -0.3 is 5.11 Å². The maximum absolute atomic E-state index is 10.9. The molecule has 3 unspecified atom stereocenters. The molecule has 0 saturated carbocycles. The molecule has 0 saturated heterocycles. The van der Waals surface area contributed by atoms with Crippen molar-refractivity contribution >= 4 is 31.0 Å². The fourth-order valence-corrected chi connectivity index (χ4v) is 0.728. The summed E-state index contributed by atoms with van der Waals surface area (Å²) in [7, 11) is 4.10. The molecule has 0 fully saturated rings. The maximum Gasteiger partial charge on any atom is 0.242 e. The lowest BCUT2D eigenvalue weighted by atomic mass is 10.5. The van der Waals surface area contributed by atoms with Crippen molar-refractivity contribution in [3.8, 4) is 0 Å². The predicted octanol–water partition coefficient (Wildman–Crippen LogP) is -1.50. The van der Waals surface area contributed by atoms with E-state index in [1.807, 2.05) is 9.39 Å². The van der Waals surface area contributed by atoms with Crippen LogP contribution in [-0.4, -0.2) is 34.7 Å². The third kappa shape index (κ3) is 3.73. The van der Waals surface area contributed by atoms with Gasteiger partial charge in [-0.2, -0.15) is 0 Å². The highest BCUT2D eigenvalue weighted by molar-refractivity contribution is 7.15. The summed E-state index contributed by atoms with van der Waals surface area (Å²) in [6, 6.07) is 0. The number of hydrogen-bond acceptors (Lipinski definition) is 4. The number of rotatable bonds is 4.